The van der Waals surface area contributed by atoms with E-state index >= 15 is 0 Å². The maximum Gasteiger partial charge on any atom is 0.338 e. The number of esters is 2. The van der Waals surface area contributed by atoms with Crippen LogP contribution in [-0.4, -0.2) is 25.2 Å². The van der Waals surface area contributed by atoms with Gasteiger partial charge in [0.1, 0.15) is 0 Å². The van der Waals surface area contributed by atoms with Crippen LogP contribution < -0.4 is 0 Å². The van der Waals surface area contributed by atoms with Crippen molar-refractivity contribution in [1.29, 1.82) is 0 Å². The molecular weight excluding hydrogens is 496 g/mol. The van der Waals surface area contributed by atoms with Crippen molar-refractivity contribution in [2.24, 2.45) is 0 Å². The molecule has 0 amide bonds. The minimum Gasteiger partial charge on any atom is -0.462 e. The fourth-order valence-electron chi connectivity index (χ4n) is 4.62. The predicted octanol–water partition coefficient (Wildman–Crippen LogP) is 10.5. The van der Waals surface area contributed by atoms with Crippen molar-refractivity contribution in [2.75, 3.05) is 13.2 Å². The van der Waals surface area contributed by atoms with Gasteiger partial charge in [0.05, 0.1) is 24.3 Å². The molecule has 40 heavy (non-hydrogen) atoms. The van der Waals surface area contributed by atoms with Crippen LogP contribution in [0.25, 0.3) is 12.2 Å². The number of hydrogen-bond acceptors (Lipinski definition) is 4. The summed E-state index contributed by atoms with van der Waals surface area (Å²) >= 11 is 0. The minimum atomic E-state index is -0.261. The number of rotatable bonds is 22. The van der Waals surface area contributed by atoms with Crippen LogP contribution in [0.1, 0.15) is 148 Å². The zero-order chi connectivity index (χ0) is 28.7. The van der Waals surface area contributed by atoms with E-state index in [2.05, 4.69) is 13.8 Å². The van der Waals surface area contributed by atoms with Gasteiger partial charge in [0, 0.05) is 0 Å². The first-order valence-electron chi connectivity index (χ1n) is 15.9. The number of carbonyl (C=O) groups is 2. The van der Waals surface area contributed by atoms with Gasteiger partial charge in [-0.3, -0.25) is 0 Å². The van der Waals surface area contributed by atoms with Crippen molar-refractivity contribution in [3.8, 4) is 0 Å². The first kappa shape index (κ1) is 33.3. The number of carbonyl (C=O) groups excluding carboxylic acids is 2. The standard InChI is InChI=1S/C36H52O4/c1-3-5-7-9-11-13-15-17-29-39-35(37)33-25-21-31(22-26-33)19-20-32-23-27-34(28-24-32)36(38)40-30-18-16-14-12-10-8-6-4-2/h19-28H,3-18,29-30H2,1-2H3. The molecule has 220 valence electrons. The fraction of sp³-hybridized carbons (Fsp3) is 0.556. The Kier molecular flexibility index (Phi) is 18.2. The molecule has 0 bridgehead atoms. The second-order valence-electron chi connectivity index (χ2n) is 10.8. The monoisotopic (exact) mass is 548 g/mol. The van der Waals surface area contributed by atoms with Gasteiger partial charge in [0.2, 0.25) is 0 Å². The molecule has 0 fully saturated rings. The number of unbranched alkanes of at least 4 members (excludes halogenated alkanes) is 14. The molecule has 4 nitrogen and oxygen atoms in total. The van der Waals surface area contributed by atoms with E-state index in [9.17, 15) is 9.59 Å². The summed E-state index contributed by atoms with van der Waals surface area (Å²) in [6, 6.07) is 14.9. The fourth-order valence-corrected chi connectivity index (χ4v) is 4.62. The van der Waals surface area contributed by atoms with E-state index < -0.39 is 0 Å². The first-order valence-corrected chi connectivity index (χ1v) is 15.9. The topological polar surface area (TPSA) is 52.6 Å². The van der Waals surface area contributed by atoms with E-state index in [0.717, 1.165) is 36.8 Å². The summed E-state index contributed by atoms with van der Waals surface area (Å²) in [5, 5.41) is 0. The molecule has 0 aliphatic heterocycles. The first-order chi connectivity index (χ1) is 19.6. The average molecular weight is 549 g/mol. The summed E-state index contributed by atoms with van der Waals surface area (Å²) in [6.07, 6.45) is 23.6. The highest BCUT2D eigenvalue weighted by Crippen LogP contribution is 2.14. The molecule has 2 aromatic rings. The molecule has 0 aromatic heterocycles. The van der Waals surface area contributed by atoms with Crippen LogP contribution in [-0.2, 0) is 9.47 Å². The average Bonchev–Trinajstić information content (AvgIpc) is 2.98. The molecule has 2 aromatic carbocycles. The van der Waals surface area contributed by atoms with Gasteiger partial charge in [0.15, 0.2) is 0 Å². The van der Waals surface area contributed by atoms with Crippen LogP contribution >= 0.6 is 0 Å². The minimum absolute atomic E-state index is 0.261. The summed E-state index contributed by atoms with van der Waals surface area (Å²) in [7, 11) is 0. The Morgan fingerprint density at radius 3 is 1.10 bits per heavy atom. The lowest BCUT2D eigenvalue weighted by Gasteiger charge is -2.06. The van der Waals surface area contributed by atoms with Crippen molar-refractivity contribution in [3.05, 3.63) is 70.8 Å². The van der Waals surface area contributed by atoms with Crippen LogP contribution in [0.5, 0.6) is 0 Å². The number of hydrogen-bond donors (Lipinski definition) is 0. The molecule has 0 aliphatic carbocycles. The Hall–Kier alpha value is -2.88. The zero-order valence-electron chi connectivity index (χ0n) is 25.1. The second-order valence-corrected chi connectivity index (χ2v) is 10.8. The molecule has 0 radical (unpaired) electrons. The molecule has 0 atom stereocenters. The van der Waals surface area contributed by atoms with E-state index in [0.29, 0.717) is 24.3 Å². The Bertz CT molecular complexity index is 880. The van der Waals surface area contributed by atoms with E-state index in [-0.39, 0.29) is 11.9 Å². The van der Waals surface area contributed by atoms with Crippen molar-refractivity contribution < 1.29 is 19.1 Å². The SMILES string of the molecule is CCCCCCCCCCOC(=O)c1ccc(C=Cc2ccc(C(=O)OCCCCCCCCCC)cc2)cc1. The smallest absolute Gasteiger partial charge is 0.338 e. The van der Waals surface area contributed by atoms with Crippen LogP contribution in [0.2, 0.25) is 0 Å². The zero-order valence-corrected chi connectivity index (χ0v) is 25.1. The van der Waals surface area contributed by atoms with Gasteiger partial charge in [-0.05, 0) is 48.2 Å². The van der Waals surface area contributed by atoms with Crippen LogP contribution in [0.3, 0.4) is 0 Å². The molecule has 0 saturated heterocycles. The Morgan fingerprint density at radius 1 is 0.475 bits per heavy atom. The summed E-state index contributed by atoms with van der Waals surface area (Å²) in [5.41, 5.74) is 3.14. The number of benzene rings is 2. The number of ether oxygens (including phenoxy) is 2. The quantitative estimate of drug-likeness (QED) is 0.0834. The summed E-state index contributed by atoms with van der Waals surface area (Å²) in [4.78, 5) is 24.6. The van der Waals surface area contributed by atoms with Crippen LogP contribution in [0.4, 0.5) is 0 Å². The predicted molar refractivity (Wildman–Crippen MR) is 168 cm³/mol. The Labute approximate surface area is 243 Å². The lowest BCUT2D eigenvalue weighted by Crippen LogP contribution is -2.06. The normalized spacial score (nSPS) is 11.2. The molecule has 4 heteroatoms. The Morgan fingerprint density at radius 2 is 0.775 bits per heavy atom. The maximum absolute atomic E-state index is 12.3. The third kappa shape index (κ3) is 15.1. The van der Waals surface area contributed by atoms with E-state index in [1.165, 1.54) is 77.0 Å². The largest absolute Gasteiger partial charge is 0.462 e. The van der Waals surface area contributed by atoms with Gasteiger partial charge in [-0.15, -0.1) is 0 Å². The van der Waals surface area contributed by atoms with E-state index in [4.69, 9.17) is 9.47 Å². The molecule has 0 saturated carbocycles. The molecule has 0 unspecified atom stereocenters. The van der Waals surface area contributed by atoms with Gasteiger partial charge in [-0.2, -0.15) is 0 Å². The van der Waals surface area contributed by atoms with Gasteiger partial charge >= 0.3 is 11.9 Å². The highest BCUT2D eigenvalue weighted by molar-refractivity contribution is 5.90. The third-order valence-electron chi connectivity index (χ3n) is 7.22. The van der Waals surface area contributed by atoms with Gasteiger partial charge in [-0.1, -0.05) is 140 Å². The molecule has 0 N–H and O–H groups in total. The molecule has 0 aliphatic rings. The van der Waals surface area contributed by atoms with E-state index in [1.807, 2.05) is 36.4 Å². The molecule has 0 spiro atoms. The lowest BCUT2D eigenvalue weighted by molar-refractivity contribution is 0.0488. The molecule has 0 heterocycles. The van der Waals surface area contributed by atoms with Crippen LogP contribution in [0.15, 0.2) is 48.5 Å². The van der Waals surface area contributed by atoms with Gasteiger partial charge < -0.3 is 9.47 Å². The van der Waals surface area contributed by atoms with Crippen molar-refractivity contribution >= 4 is 24.1 Å². The van der Waals surface area contributed by atoms with Crippen molar-refractivity contribution in [2.45, 2.75) is 117 Å². The molecule has 2 rings (SSSR count). The lowest BCUT2D eigenvalue weighted by atomic mass is 10.1. The van der Waals surface area contributed by atoms with E-state index in [1.54, 1.807) is 24.3 Å². The third-order valence-corrected chi connectivity index (χ3v) is 7.22. The summed E-state index contributed by atoms with van der Waals surface area (Å²) in [6.45, 7) is 5.44. The summed E-state index contributed by atoms with van der Waals surface area (Å²) in [5.74, 6) is -0.522. The van der Waals surface area contributed by atoms with Gasteiger partial charge in [-0.25, -0.2) is 9.59 Å². The van der Waals surface area contributed by atoms with Crippen molar-refractivity contribution in [1.82, 2.24) is 0 Å². The highest BCUT2D eigenvalue weighted by Gasteiger charge is 2.07. The Balaban J connectivity index is 1.63. The maximum atomic E-state index is 12.3. The van der Waals surface area contributed by atoms with Gasteiger partial charge in [0.25, 0.3) is 0 Å². The second kappa shape index (κ2) is 21.9. The van der Waals surface area contributed by atoms with Crippen molar-refractivity contribution in [3.63, 3.8) is 0 Å². The van der Waals surface area contributed by atoms with Crippen LogP contribution in [0, 0.1) is 0 Å². The molecular formula is C36H52O4. The summed E-state index contributed by atoms with van der Waals surface area (Å²) < 4.78 is 10.9. The highest BCUT2D eigenvalue weighted by atomic mass is 16.5.